The predicted octanol–water partition coefficient (Wildman–Crippen LogP) is 2.41. The first kappa shape index (κ1) is 14.5. The molecule has 0 unspecified atom stereocenters. The van der Waals surface area contributed by atoms with E-state index < -0.39 is 0 Å². The minimum Gasteiger partial charge on any atom is -0.360 e. The van der Waals surface area contributed by atoms with Gasteiger partial charge < -0.3 is 10.1 Å². The maximum atomic E-state index is 9.58. The van der Waals surface area contributed by atoms with E-state index in [2.05, 4.69) is 44.3 Å². The second-order valence-electron chi connectivity index (χ2n) is 4.78. The zero-order valence-corrected chi connectivity index (χ0v) is 12.0. The van der Waals surface area contributed by atoms with Crippen molar-refractivity contribution in [1.29, 1.82) is 0 Å². The summed E-state index contributed by atoms with van der Waals surface area (Å²) in [6, 6.07) is 0.402. The number of thioether (sulfide) groups is 1. The van der Waals surface area contributed by atoms with Crippen molar-refractivity contribution in [3.05, 3.63) is 11.4 Å². The molecular weight excluding hydrogens is 234 g/mol. The third-order valence-corrected chi connectivity index (χ3v) is 3.80. The van der Waals surface area contributed by atoms with Crippen molar-refractivity contribution >= 4 is 18.5 Å². The van der Waals surface area contributed by atoms with Crippen LogP contribution in [0.25, 0.3) is 0 Å². The Bertz CT molecular complexity index is 302. The first-order chi connectivity index (χ1) is 7.95. The molecule has 0 amide bonds. The van der Waals surface area contributed by atoms with E-state index in [-0.39, 0.29) is 0 Å². The summed E-state index contributed by atoms with van der Waals surface area (Å²) in [7, 11) is 0. The van der Waals surface area contributed by atoms with E-state index in [0.717, 1.165) is 17.3 Å². The van der Waals surface area contributed by atoms with Gasteiger partial charge in [0.25, 0.3) is 0 Å². The Labute approximate surface area is 108 Å². The average Bonchev–Trinajstić information content (AvgIpc) is 2.59. The van der Waals surface area contributed by atoms with Gasteiger partial charge in [-0.25, -0.2) is 0 Å². The first-order valence-corrected chi connectivity index (χ1v) is 7.01. The van der Waals surface area contributed by atoms with Crippen molar-refractivity contribution in [3.8, 4) is 0 Å². The van der Waals surface area contributed by atoms with Gasteiger partial charge in [0.15, 0.2) is 0 Å². The van der Waals surface area contributed by atoms with E-state index >= 15 is 0 Å². The van der Waals surface area contributed by atoms with E-state index in [9.17, 15) is 5.21 Å². The molecule has 0 aromatic heterocycles. The fourth-order valence-electron chi connectivity index (χ4n) is 1.75. The van der Waals surface area contributed by atoms with Gasteiger partial charge >= 0.3 is 0 Å². The molecule has 0 aromatic rings. The normalized spacial score (nSPS) is 17.4. The van der Waals surface area contributed by atoms with Crippen molar-refractivity contribution in [2.75, 3.05) is 19.0 Å². The Morgan fingerprint density at radius 1 is 1.41 bits per heavy atom. The number of hydrogen-bond donors (Lipinski definition) is 1. The van der Waals surface area contributed by atoms with E-state index in [4.69, 9.17) is 0 Å². The molecule has 1 heterocycles. The van der Waals surface area contributed by atoms with Gasteiger partial charge in [-0.05, 0) is 20.6 Å². The monoisotopic (exact) mass is 257 g/mol. The minimum atomic E-state index is 0.402. The molecule has 0 saturated carbocycles. The lowest BCUT2D eigenvalue weighted by atomic mass is 10.3. The van der Waals surface area contributed by atoms with E-state index in [1.807, 2.05) is 11.8 Å². The second-order valence-corrected chi connectivity index (χ2v) is 6.32. The third kappa shape index (κ3) is 4.01. The minimum absolute atomic E-state index is 0.402. The summed E-state index contributed by atoms with van der Waals surface area (Å²) in [4.78, 5) is 6.32. The molecule has 5 heteroatoms. The standard InChI is InChI=1S/C12H23N3OS/c1-9(2)15(8-17-10(3)4)12-7-14(16)6-11(12)13-5/h9-10,16H,5-8H2,1-4H3. The topological polar surface area (TPSA) is 39.1 Å². The summed E-state index contributed by atoms with van der Waals surface area (Å²) in [6.45, 7) is 13.3. The number of aliphatic imine (C=N–C) groups is 1. The van der Waals surface area contributed by atoms with Gasteiger partial charge in [0.05, 0.1) is 30.4 Å². The molecule has 1 rings (SSSR count). The van der Waals surface area contributed by atoms with Crippen molar-refractivity contribution in [3.63, 3.8) is 0 Å². The summed E-state index contributed by atoms with van der Waals surface area (Å²) in [5.41, 5.74) is 2.00. The van der Waals surface area contributed by atoms with Gasteiger partial charge in [0, 0.05) is 11.3 Å². The molecule has 0 spiro atoms. The molecule has 0 fully saturated rings. The quantitative estimate of drug-likeness (QED) is 0.586. The Morgan fingerprint density at radius 3 is 2.53 bits per heavy atom. The molecule has 0 radical (unpaired) electrons. The Kier molecular flexibility index (Phi) is 5.49. The molecule has 1 N–H and O–H groups in total. The molecule has 0 saturated heterocycles. The summed E-state index contributed by atoms with van der Waals surface area (Å²) in [5, 5.41) is 11.5. The lowest BCUT2D eigenvalue weighted by Crippen LogP contribution is -2.33. The Balaban J connectivity index is 2.79. The predicted molar refractivity (Wildman–Crippen MR) is 74.5 cm³/mol. The maximum absolute atomic E-state index is 9.58. The summed E-state index contributed by atoms with van der Waals surface area (Å²) < 4.78 is 0. The summed E-state index contributed by atoms with van der Waals surface area (Å²) in [5.74, 6) is 0.928. The van der Waals surface area contributed by atoms with Gasteiger partial charge in [-0.15, -0.1) is 11.8 Å². The number of hydrogen-bond acceptors (Lipinski definition) is 5. The fraction of sp³-hybridized carbons (Fsp3) is 0.750. The molecule has 17 heavy (non-hydrogen) atoms. The molecule has 0 aliphatic carbocycles. The van der Waals surface area contributed by atoms with E-state index in [1.165, 1.54) is 5.06 Å². The van der Waals surface area contributed by atoms with E-state index in [0.29, 0.717) is 24.4 Å². The van der Waals surface area contributed by atoms with Crippen molar-refractivity contribution < 1.29 is 5.21 Å². The zero-order valence-electron chi connectivity index (χ0n) is 11.2. The highest BCUT2D eigenvalue weighted by atomic mass is 32.2. The molecule has 1 aliphatic rings. The van der Waals surface area contributed by atoms with Gasteiger partial charge in [-0.3, -0.25) is 4.99 Å². The van der Waals surface area contributed by atoms with Crippen LogP contribution in [-0.4, -0.2) is 52.1 Å². The lowest BCUT2D eigenvalue weighted by Gasteiger charge is -2.30. The fourth-order valence-corrected chi connectivity index (χ4v) is 2.66. The van der Waals surface area contributed by atoms with Crippen LogP contribution in [0.4, 0.5) is 0 Å². The van der Waals surface area contributed by atoms with Gasteiger partial charge in [0.1, 0.15) is 0 Å². The number of nitrogens with zero attached hydrogens (tertiary/aromatic N) is 3. The van der Waals surface area contributed by atoms with Crippen LogP contribution in [0.1, 0.15) is 27.7 Å². The maximum Gasteiger partial charge on any atom is 0.0766 e. The summed E-state index contributed by atoms with van der Waals surface area (Å²) >= 11 is 1.90. The molecule has 1 aliphatic heterocycles. The molecule has 0 atom stereocenters. The van der Waals surface area contributed by atoms with E-state index in [1.54, 1.807) is 0 Å². The van der Waals surface area contributed by atoms with Crippen LogP contribution >= 0.6 is 11.8 Å². The van der Waals surface area contributed by atoms with Gasteiger partial charge in [-0.2, -0.15) is 5.06 Å². The van der Waals surface area contributed by atoms with Crippen LogP contribution in [-0.2, 0) is 0 Å². The SMILES string of the molecule is C=NC1=C(N(CSC(C)C)C(C)C)CN(O)C1. The highest BCUT2D eigenvalue weighted by Gasteiger charge is 2.26. The molecule has 0 aromatic carbocycles. The third-order valence-electron chi connectivity index (χ3n) is 2.71. The number of rotatable bonds is 6. The molecule has 0 bridgehead atoms. The van der Waals surface area contributed by atoms with Crippen LogP contribution < -0.4 is 0 Å². The van der Waals surface area contributed by atoms with Gasteiger partial charge in [0.2, 0.25) is 0 Å². The molecule has 98 valence electrons. The molecule has 4 nitrogen and oxygen atoms in total. The Hall–Kier alpha value is -0.520. The van der Waals surface area contributed by atoms with Crippen LogP contribution in [0, 0.1) is 0 Å². The lowest BCUT2D eigenvalue weighted by molar-refractivity contribution is -0.0679. The zero-order chi connectivity index (χ0) is 13.0. The van der Waals surface area contributed by atoms with Crippen LogP contribution in [0.2, 0.25) is 0 Å². The average molecular weight is 257 g/mol. The molecular formula is C12H23N3OS. The highest BCUT2D eigenvalue weighted by Crippen LogP contribution is 2.25. The Morgan fingerprint density at radius 2 is 2.06 bits per heavy atom. The highest BCUT2D eigenvalue weighted by molar-refractivity contribution is 7.99. The smallest absolute Gasteiger partial charge is 0.0766 e. The van der Waals surface area contributed by atoms with Crippen LogP contribution in [0.15, 0.2) is 16.4 Å². The van der Waals surface area contributed by atoms with Crippen LogP contribution in [0.3, 0.4) is 0 Å². The second kappa shape index (κ2) is 6.42. The van der Waals surface area contributed by atoms with Crippen molar-refractivity contribution in [2.45, 2.75) is 39.0 Å². The van der Waals surface area contributed by atoms with Crippen molar-refractivity contribution in [2.24, 2.45) is 4.99 Å². The number of hydroxylamine groups is 2. The van der Waals surface area contributed by atoms with Gasteiger partial charge in [-0.1, -0.05) is 13.8 Å². The first-order valence-electron chi connectivity index (χ1n) is 5.96. The van der Waals surface area contributed by atoms with Crippen molar-refractivity contribution in [1.82, 2.24) is 9.96 Å². The largest absolute Gasteiger partial charge is 0.360 e. The van der Waals surface area contributed by atoms with Crippen LogP contribution in [0.5, 0.6) is 0 Å². The summed E-state index contributed by atoms with van der Waals surface area (Å²) in [6.07, 6.45) is 0.